The average molecular weight is 299 g/mol. The summed E-state index contributed by atoms with van der Waals surface area (Å²) in [7, 11) is 0. The van der Waals surface area contributed by atoms with Gasteiger partial charge < -0.3 is 15.4 Å². The van der Waals surface area contributed by atoms with Crippen LogP contribution in [0.2, 0.25) is 0 Å². The molecular formula is C15H23ClN2O2. The molecule has 1 aliphatic heterocycles. The van der Waals surface area contributed by atoms with Crippen molar-refractivity contribution in [3.8, 4) is 0 Å². The molecule has 20 heavy (non-hydrogen) atoms. The van der Waals surface area contributed by atoms with Crippen LogP contribution < -0.4 is 10.6 Å². The highest BCUT2D eigenvalue weighted by atomic mass is 35.5. The molecule has 0 aliphatic carbocycles. The van der Waals surface area contributed by atoms with E-state index in [-0.39, 0.29) is 30.5 Å². The highest BCUT2D eigenvalue weighted by Crippen LogP contribution is 2.17. The standard InChI is InChI=1S/C15H22N2O2.ClH/c1-11-5-3-4-6-14(11)12(2)17-15(18)9-13-10-16-7-8-19-13;/h3-6,12-13,16H,7-10H2,1-2H3,(H,17,18);1H. The predicted molar refractivity (Wildman–Crippen MR) is 82.2 cm³/mol. The summed E-state index contributed by atoms with van der Waals surface area (Å²) in [4.78, 5) is 12.0. The molecule has 1 aliphatic rings. The lowest BCUT2D eigenvalue weighted by atomic mass is 10.0. The van der Waals surface area contributed by atoms with Crippen LogP contribution in [0.3, 0.4) is 0 Å². The zero-order chi connectivity index (χ0) is 13.7. The van der Waals surface area contributed by atoms with Gasteiger partial charge in [0.25, 0.3) is 0 Å². The molecule has 1 fully saturated rings. The van der Waals surface area contributed by atoms with Crippen LogP contribution in [0.5, 0.6) is 0 Å². The maximum atomic E-state index is 12.0. The molecule has 1 heterocycles. The van der Waals surface area contributed by atoms with E-state index in [1.807, 2.05) is 19.1 Å². The monoisotopic (exact) mass is 298 g/mol. The largest absolute Gasteiger partial charge is 0.375 e. The molecule has 0 aromatic heterocycles. The number of rotatable bonds is 4. The molecule has 2 rings (SSSR count). The van der Waals surface area contributed by atoms with Crippen molar-refractivity contribution in [2.24, 2.45) is 0 Å². The van der Waals surface area contributed by atoms with Crippen LogP contribution in [0, 0.1) is 6.92 Å². The van der Waals surface area contributed by atoms with Gasteiger partial charge in [-0.15, -0.1) is 12.4 Å². The van der Waals surface area contributed by atoms with E-state index in [4.69, 9.17) is 4.74 Å². The van der Waals surface area contributed by atoms with Crippen molar-refractivity contribution in [3.63, 3.8) is 0 Å². The van der Waals surface area contributed by atoms with E-state index in [2.05, 4.69) is 29.7 Å². The molecule has 1 aromatic rings. The van der Waals surface area contributed by atoms with Crippen molar-refractivity contribution >= 4 is 18.3 Å². The molecular weight excluding hydrogens is 276 g/mol. The van der Waals surface area contributed by atoms with Crippen molar-refractivity contribution in [2.45, 2.75) is 32.4 Å². The fraction of sp³-hybridized carbons (Fsp3) is 0.533. The Bertz CT molecular complexity index is 434. The summed E-state index contributed by atoms with van der Waals surface area (Å²) in [5.74, 6) is 0.0458. The molecule has 0 bridgehead atoms. The van der Waals surface area contributed by atoms with Crippen molar-refractivity contribution in [2.75, 3.05) is 19.7 Å². The van der Waals surface area contributed by atoms with E-state index in [1.165, 1.54) is 11.1 Å². The SMILES string of the molecule is Cc1ccccc1C(C)NC(=O)CC1CNCCO1.Cl. The van der Waals surface area contributed by atoms with Crippen LogP contribution >= 0.6 is 12.4 Å². The Hall–Kier alpha value is -1.10. The molecule has 1 amide bonds. The lowest BCUT2D eigenvalue weighted by Gasteiger charge is -2.24. The summed E-state index contributed by atoms with van der Waals surface area (Å²) in [6, 6.07) is 8.16. The third kappa shape index (κ3) is 4.78. The first-order chi connectivity index (χ1) is 9.16. The number of aryl methyl sites for hydroxylation is 1. The molecule has 2 unspecified atom stereocenters. The highest BCUT2D eigenvalue weighted by Gasteiger charge is 2.19. The van der Waals surface area contributed by atoms with Crippen LogP contribution in [0.1, 0.15) is 30.5 Å². The third-order valence-electron chi connectivity index (χ3n) is 3.45. The molecule has 5 heteroatoms. The van der Waals surface area contributed by atoms with E-state index in [9.17, 15) is 4.79 Å². The van der Waals surface area contributed by atoms with Crippen molar-refractivity contribution < 1.29 is 9.53 Å². The predicted octanol–water partition coefficient (Wildman–Crippen LogP) is 1.97. The Kier molecular flexibility index (Phi) is 6.99. The number of halogens is 1. The molecule has 1 saturated heterocycles. The Morgan fingerprint density at radius 3 is 2.90 bits per heavy atom. The highest BCUT2D eigenvalue weighted by molar-refractivity contribution is 5.85. The van der Waals surface area contributed by atoms with Crippen molar-refractivity contribution in [1.82, 2.24) is 10.6 Å². The number of hydrogen-bond acceptors (Lipinski definition) is 3. The van der Waals surface area contributed by atoms with Gasteiger partial charge in [0.05, 0.1) is 25.2 Å². The fourth-order valence-electron chi connectivity index (χ4n) is 2.41. The number of ether oxygens (including phenoxy) is 1. The van der Waals surface area contributed by atoms with E-state index in [1.54, 1.807) is 0 Å². The molecule has 0 radical (unpaired) electrons. The molecule has 1 aromatic carbocycles. The van der Waals surface area contributed by atoms with Crippen LogP contribution in [0.25, 0.3) is 0 Å². The summed E-state index contributed by atoms with van der Waals surface area (Å²) in [6.45, 7) is 6.39. The maximum absolute atomic E-state index is 12.0. The van der Waals surface area contributed by atoms with Gasteiger partial charge in [-0.25, -0.2) is 0 Å². The summed E-state index contributed by atoms with van der Waals surface area (Å²) in [5.41, 5.74) is 2.37. The smallest absolute Gasteiger partial charge is 0.223 e. The van der Waals surface area contributed by atoms with Gasteiger partial charge in [0, 0.05) is 13.1 Å². The molecule has 4 nitrogen and oxygen atoms in total. The van der Waals surface area contributed by atoms with E-state index < -0.39 is 0 Å². The minimum atomic E-state index is -0.00202. The van der Waals surface area contributed by atoms with Gasteiger partial charge in [-0.3, -0.25) is 4.79 Å². The van der Waals surface area contributed by atoms with Gasteiger partial charge in [0.15, 0.2) is 0 Å². The minimum absolute atomic E-state index is 0. The Balaban J connectivity index is 0.00000200. The van der Waals surface area contributed by atoms with Crippen molar-refractivity contribution in [1.29, 1.82) is 0 Å². The summed E-state index contributed by atoms with van der Waals surface area (Å²) >= 11 is 0. The van der Waals surface area contributed by atoms with E-state index >= 15 is 0 Å². The van der Waals surface area contributed by atoms with Gasteiger partial charge in [0.1, 0.15) is 0 Å². The number of hydrogen-bond donors (Lipinski definition) is 2. The summed E-state index contributed by atoms with van der Waals surface area (Å²) in [6.07, 6.45) is 0.418. The first-order valence-electron chi connectivity index (χ1n) is 6.84. The number of carbonyl (C=O) groups is 1. The summed E-state index contributed by atoms with van der Waals surface area (Å²) in [5, 5.41) is 6.27. The first-order valence-corrected chi connectivity index (χ1v) is 6.84. The van der Waals surface area contributed by atoms with Gasteiger partial charge in [-0.05, 0) is 25.0 Å². The second-order valence-corrected chi connectivity index (χ2v) is 5.05. The van der Waals surface area contributed by atoms with Crippen LogP contribution in [0.15, 0.2) is 24.3 Å². The Morgan fingerprint density at radius 1 is 1.50 bits per heavy atom. The van der Waals surface area contributed by atoms with Crippen molar-refractivity contribution in [3.05, 3.63) is 35.4 Å². The molecule has 112 valence electrons. The third-order valence-corrected chi connectivity index (χ3v) is 3.45. The van der Waals surface area contributed by atoms with Crippen LogP contribution in [0.4, 0.5) is 0 Å². The lowest BCUT2D eigenvalue weighted by molar-refractivity contribution is -0.125. The first kappa shape index (κ1) is 17.0. The zero-order valence-electron chi connectivity index (χ0n) is 12.0. The number of amides is 1. The number of morpholine rings is 1. The lowest BCUT2D eigenvalue weighted by Crippen LogP contribution is -2.41. The number of carbonyl (C=O) groups excluding carboxylic acids is 1. The van der Waals surface area contributed by atoms with E-state index in [0.29, 0.717) is 13.0 Å². The van der Waals surface area contributed by atoms with Gasteiger partial charge >= 0.3 is 0 Å². The fourth-order valence-corrected chi connectivity index (χ4v) is 2.41. The van der Waals surface area contributed by atoms with E-state index in [0.717, 1.165) is 13.1 Å². The zero-order valence-corrected chi connectivity index (χ0v) is 12.8. The normalized spacial score (nSPS) is 19.8. The Morgan fingerprint density at radius 2 is 2.25 bits per heavy atom. The molecule has 2 atom stereocenters. The molecule has 0 spiro atoms. The molecule has 0 saturated carbocycles. The second kappa shape index (κ2) is 8.25. The quantitative estimate of drug-likeness (QED) is 0.893. The minimum Gasteiger partial charge on any atom is -0.375 e. The van der Waals surface area contributed by atoms with Gasteiger partial charge in [-0.1, -0.05) is 24.3 Å². The average Bonchev–Trinajstić information content (AvgIpc) is 2.40. The topological polar surface area (TPSA) is 50.4 Å². The van der Waals surface area contributed by atoms with Gasteiger partial charge in [-0.2, -0.15) is 0 Å². The summed E-state index contributed by atoms with van der Waals surface area (Å²) < 4.78 is 5.54. The van der Waals surface area contributed by atoms with Crippen LogP contribution in [-0.4, -0.2) is 31.7 Å². The molecule has 2 N–H and O–H groups in total. The number of benzene rings is 1. The Labute approximate surface area is 126 Å². The second-order valence-electron chi connectivity index (χ2n) is 5.05. The number of nitrogens with one attached hydrogen (secondary N) is 2. The van der Waals surface area contributed by atoms with Gasteiger partial charge in [0.2, 0.25) is 5.91 Å². The van der Waals surface area contributed by atoms with Crippen LogP contribution in [-0.2, 0) is 9.53 Å². The maximum Gasteiger partial charge on any atom is 0.223 e.